The van der Waals surface area contributed by atoms with E-state index in [4.69, 9.17) is 21.9 Å². The number of benzene rings is 9. The quantitative estimate of drug-likeness (QED) is 0.164. The third kappa shape index (κ3) is 3.48. The van der Waals surface area contributed by atoms with Gasteiger partial charge in [-0.05, 0) is 105 Å². The smallest absolute Gasteiger partial charge is 0.0619 e. The van der Waals surface area contributed by atoms with Gasteiger partial charge in [0, 0.05) is 0 Å². The average molecular weight is 649 g/mol. The first kappa shape index (κ1) is 10.9. The minimum Gasteiger partial charge on any atom is -0.0619 e. The lowest BCUT2D eigenvalue weighted by Gasteiger charge is -2.30. The fraction of sp³-hybridized carbons (Fsp3) is 0.0204. The van der Waals surface area contributed by atoms with Crippen molar-refractivity contribution in [2.45, 2.75) is 5.41 Å². The van der Waals surface area contributed by atoms with Gasteiger partial charge in [0.25, 0.3) is 0 Å². The Hall–Kier alpha value is -6.24. The van der Waals surface area contributed by atoms with Crippen LogP contribution in [0.2, 0.25) is 0 Å². The number of hydrogen-bond acceptors (Lipinski definition) is 0. The summed E-state index contributed by atoms with van der Waals surface area (Å²) in [5, 5.41) is -3.21. The van der Waals surface area contributed by atoms with E-state index in [1.165, 1.54) is 0 Å². The van der Waals surface area contributed by atoms with Gasteiger partial charge in [0.15, 0.2) is 0 Å². The van der Waals surface area contributed by atoms with E-state index in [9.17, 15) is 19.2 Å². The molecule has 0 heteroatoms. The first-order valence-electron chi connectivity index (χ1n) is 29.8. The molecule has 1 spiro atoms. The molecule has 2 aliphatic rings. The highest BCUT2D eigenvalue weighted by Gasteiger charge is 2.51. The van der Waals surface area contributed by atoms with Gasteiger partial charge in [-0.3, -0.25) is 0 Å². The van der Waals surface area contributed by atoms with Gasteiger partial charge in [0.05, 0.1) is 46.5 Å². The van der Waals surface area contributed by atoms with Gasteiger partial charge < -0.3 is 0 Å². The maximum atomic E-state index is 9.72. The SMILES string of the molecule is [2H]c1c([2H])c([2H])c2c(c1[2H])-c1c([2H])c([2H])c([2H])c([2H])c1C21c2c([2H])c([2H])c([2H])c([2H])c2-c2c(-c3c([2H])c([2H])c(-c4c([2H])c([2H])c5c6c([2H])c([2H])c([2H])c([2H])c6c6c([2H])c([2H])c([2H])c([2H])c6c5c4[2H])c([2H])c3[2H])c([2H])c([2H])c([2H])c21. The van der Waals surface area contributed by atoms with Gasteiger partial charge in [-0.15, -0.1) is 0 Å². The average Bonchev–Trinajstić information content (AvgIpc) is 1.76. The maximum absolute atomic E-state index is 9.72. The summed E-state index contributed by atoms with van der Waals surface area (Å²) in [7, 11) is 0. The van der Waals surface area contributed by atoms with Crippen LogP contribution in [0.25, 0.3) is 76.8 Å². The maximum Gasteiger partial charge on any atom is 0.0725 e. The Balaban J connectivity index is 1.34. The molecule has 0 bridgehead atoms. The Morgan fingerprint density at radius 2 is 0.694 bits per heavy atom. The Morgan fingerprint density at radius 1 is 0.286 bits per heavy atom. The predicted octanol–water partition coefficient (Wildman–Crippen LogP) is 12.8. The van der Waals surface area contributed by atoms with E-state index in [-0.39, 0.29) is 0 Å². The zero-order chi connectivity index (χ0) is 58.2. The van der Waals surface area contributed by atoms with E-state index in [2.05, 4.69) is 0 Å². The minimum absolute atomic E-state index is 0.473. The lowest BCUT2D eigenvalue weighted by atomic mass is 9.70. The molecule has 0 fully saturated rings. The Labute approximate surface area is 327 Å². The second-order valence-corrected chi connectivity index (χ2v) is 11.2. The molecule has 0 unspecified atom stereocenters. The summed E-state index contributed by atoms with van der Waals surface area (Å²) in [6.45, 7) is 0. The van der Waals surface area contributed by atoms with Crippen molar-refractivity contribution >= 4 is 32.3 Å². The number of fused-ring (bicyclic) bond motifs is 16. The molecule has 226 valence electrons. The Bertz CT molecular complexity index is 4400. The molecular formula is C49H30. The minimum atomic E-state index is -2.81. The molecule has 9 aromatic carbocycles. The summed E-state index contributed by atoms with van der Waals surface area (Å²) >= 11 is 0. The Kier molecular flexibility index (Phi) is 2.20. The fourth-order valence-corrected chi connectivity index (χ4v) is 7.06. The van der Waals surface area contributed by atoms with Crippen LogP contribution in [0.1, 0.15) is 63.4 Å². The van der Waals surface area contributed by atoms with E-state index in [0.717, 1.165) is 0 Å². The summed E-state index contributed by atoms with van der Waals surface area (Å²) in [6, 6.07) is -28.5. The standard InChI is InChI=1S/C49H30/c1-2-14-37-35(12-1)36-13-3-4-15-38(36)43-30-33(28-29-39(37)43)31-24-26-32(27-25-31)34-19-11-23-47-48(34)42-18-7-10-22-46(42)49(47)44-20-8-5-16-40(44)41-17-6-9-21-45(41)49/h1-30H/i1D,2D,3D,4D,5D,6D,7D,8D,9D,10D,11D,12D,13D,14D,15D,16D,17D,18D,19D,20D,21D,22D,23D,24D,25D,26D,27D,28D,29D,30D. The van der Waals surface area contributed by atoms with Crippen LogP contribution in [0.4, 0.5) is 0 Å². The predicted molar refractivity (Wildman–Crippen MR) is 206 cm³/mol. The third-order valence-corrected chi connectivity index (χ3v) is 9.00. The summed E-state index contributed by atoms with van der Waals surface area (Å²) in [4.78, 5) is 0. The van der Waals surface area contributed by atoms with E-state index in [1.54, 1.807) is 0 Å². The van der Waals surface area contributed by atoms with Crippen molar-refractivity contribution in [3.8, 4) is 44.5 Å². The summed E-state index contributed by atoms with van der Waals surface area (Å²) in [6.07, 6.45) is 0. The number of hydrogen-bond donors (Lipinski definition) is 0. The van der Waals surface area contributed by atoms with Crippen LogP contribution < -0.4 is 0 Å². The van der Waals surface area contributed by atoms with E-state index in [1.807, 2.05) is 0 Å². The van der Waals surface area contributed by atoms with Crippen molar-refractivity contribution < 1.29 is 41.1 Å². The molecule has 0 aromatic heterocycles. The first-order valence-corrected chi connectivity index (χ1v) is 14.8. The molecule has 0 heterocycles. The summed E-state index contributed by atoms with van der Waals surface area (Å²) in [5.41, 5.74) is -11.4. The number of rotatable bonds is 2. The Morgan fingerprint density at radius 3 is 1.31 bits per heavy atom. The molecule has 0 atom stereocenters. The van der Waals surface area contributed by atoms with Crippen molar-refractivity contribution in [2.24, 2.45) is 0 Å². The lowest BCUT2D eigenvalue weighted by molar-refractivity contribution is 0.794. The zero-order valence-electron chi connectivity index (χ0n) is 54.5. The lowest BCUT2D eigenvalue weighted by Crippen LogP contribution is -2.25. The van der Waals surface area contributed by atoms with Crippen LogP contribution in [0.15, 0.2) is 181 Å². The van der Waals surface area contributed by atoms with Crippen LogP contribution >= 0.6 is 0 Å². The van der Waals surface area contributed by atoms with Gasteiger partial charge in [-0.2, -0.15) is 0 Å². The van der Waals surface area contributed by atoms with Crippen LogP contribution in [0.3, 0.4) is 0 Å². The van der Waals surface area contributed by atoms with Gasteiger partial charge in [0.1, 0.15) is 0 Å². The molecule has 9 aromatic rings. The highest BCUT2D eigenvalue weighted by atomic mass is 14.5. The van der Waals surface area contributed by atoms with Gasteiger partial charge in [-0.1, -0.05) is 175 Å². The van der Waals surface area contributed by atoms with E-state index >= 15 is 0 Å². The van der Waals surface area contributed by atoms with Gasteiger partial charge in [0.2, 0.25) is 0 Å². The molecule has 2 aliphatic carbocycles. The molecule has 0 saturated heterocycles. The van der Waals surface area contributed by atoms with Crippen LogP contribution in [-0.2, 0) is 5.41 Å². The monoisotopic (exact) mass is 648 g/mol. The molecule has 0 radical (unpaired) electrons. The summed E-state index contributed by atoms with van der Waals surface area (Å²) < 4.78 is 274. The second kappa shape index (κ2) is 9.89. The van der Waals surface area contributed by atoms with Crippen molar-refractivity contribution in [1.82, 2.24) is 0 Å². The fourth-order valence-electron chi connectivity index (χ4n) is 7.06. The molecule has 0 saturated carbocycles. The molecule has 0 nitrogen and oxygen atoms in total. The molecular weight excluding hydrogens is 589 g/mol. The largest absolute Gasteiger partial charge is 0.0725 e. The van der Waals surface area contributed by atoms with Crippen LogP contribution in [-0.4, -0.2) is 0 Å². The van der Waals surface area contributed by atoms with Crippen molar-refractivity contribution in [3.63, 3.8) is 0 Å². The van der Waals surface area contributed by atoms with Crippen LogP contribution in [0.5, 0.6) is 0 Å². The molecule has 11 rings (SSSR count). The molecule has 0 N–H and O–H groups in total. The van der Waals surface area contributed by atoms with Gasteiger partial charge in [-0.25, -0.2) is 0 Å². The molecule has 0 aliphatic heterocycles. The van der Waals surface area contributed by atoms with E-state index < -0.39 is 286 Å². The highest BCUT2D eigenvalue weighted by molar-refractivity contribution is 6.25. The molecule has 0 amide bonds. The zero-order valence-corrected chi connectivity index (χ0v) is 24.5. The van der Waals surface area contributed by atoms with Crippen molar-refractivity contribution in [2.75, 3.05) is 0 Å². The topological polar surface area (TPSA) is 0 Å². The van der Waals surface area contributed by atoms with Gasteiger partial charge >= 0.3 is 0 Å². The first-order chi connectivity index (χ1) is 36.8. The second-order valence-electron chi connectivity index (χ2n) is 11.2. The highest BCUT2D eigenvalue weighted by Crippen LogP contribution is 2.63. The normalized spacial score (nSPS) is 22.0. The third-order valence-electron chi connectivity index (χ3n) is 9.00. The summed E-state index contributed by atoms with van der Waals surface area (Å²) in [5.74, 6) is 0. The molecule has 49 heavy (non-hydrogen) atoms. The van der Waals surface area contributed by atoms with Crippen LogP contribution in [0, 0.1) is 0 Å². The van der Waals surface area contributed by atoms with E-state index in [0.29, 0.717) is 0 Å². The van der Waals surface area contributed by atoms with Crippen molar-refractivity contribution in [3.05, 3.63) is 204 Å². The van der Waals surface area contributed by atoms with Crippen molar-refractivity contribution in [1.29, 1.82) is 0 Å².